The Morgan fingerprint density at radius 2 is 2.19 bits per heavy atom. The fraction of sp³-hybridized carbons (Fsp3) is 1.00. The fourth-order valence-corrected chi connectivity index (χ4v) is 2.17. The Morgan fingerprint density at radius 3 is 2.94 bits per heavy atom. The van der Waals surface area contributed by atoms with E-state index >= 15 is 0 Å². The predicted molar refractivity (Wildman–Crippen MR) is 63.5 cm³/mol. The summed E-state index contributed by atoms with van der Waals surface area (Å²) in [5.74, 6) is 0. The summed E-state index contributed by atoms with van der Waals surface area (Å²) in [5, 5.41) is 12.8. The van der Waals surface area contributed by atoms with E-state index in [1.807, 2.05) is 0 Å². The monoisotopic (exact) mass is 228 g/mol. The Morgan fingerprint density at radius 1 is 1.31 bits per heavy atom. The maximum absolute atomic E-state index is 9.28. The van der Waals surface area contributed by atoms with Gasteiger partial charge in [-0.15, -0.1) is 0 Å². The molecule has 2 fully saturated rings. The maximum Gasteiger partial charge on any atom is 0.0593 e. The fourth-order valence-electron chi connectivity index (χ4n) is 2.17. The van der Waals surface area contributed by atoms with E-state index in [1.54, 1.807) is 0 Å². The normalized spacial score (nSPS) is 25.3. The zero-order valence-electron chi connectivity index (χ0n) is 10.0. The van der Waals surface area contributed by atoms with Crippen molar-refractivity contribution in [2.45, 2.75) is 37.8 Å². The minimum atomic E-state index is 0.265. The lowest BCUT2D eigenvalue weighted by Crippen LogP contribution is -2.38. The molecule has 0 radical (unpaired) electrons. The van der Waals surface area contributed by atoms with E-state index in [9.17, 15) is 5.11 Å². The molecule has 1 unspecified atom stereocenters. The van der Waals surface area contributed by atoms with Crippen LogP contribution in [-0.4, -0.2) is 61.5 Å². The minimum Gasteiger partial charge on any atom is -0.395 e. The summed E-state index contributed by atoms with van der Waals surface area (Å²) < 4.78 is 5.43. The van der Waals surface area contributed by atoms with Crippen molar-refractivity contribution < 1.29 is 9.84 Å². The first-order valence-electron chi connectivity index (χ1n) is 6.55. The van der Waals surface area contributed by atoms with Gasteiger partial charge in [-0.25, -0.2) is 0 Å². The Hall–Kier alpha value is -0.160. The second-order valence-electron chi connectivity index (χ2n) is 4.92. The Labute approximate surface area is 98.0 Å². The van der Waals surface area contributed by atoms with E-state index in [1.165, 1.54) is 12.8 Å². The van der Waals surface area contributed by atoms with E-state index < -0.39 is 0 Å². The summed E-state index contributed by atoms with van der Waals surface area (Å²) in [6, 6.07) is 0.973. The van der Waals surface area contributed by atoms with Crippen molar-refractivity contribution in [3.8, 4) is 0 Å². The van der Waals surface area contributed by atoms with Gasteiger partial charge in [0.05, 0.1) is 13.2 Å². The first-order chi connectivity index (χ1) is 7.88. The number of rotatable bonds is 6. The lowest BCUT2D eigenvalue weighted by molar-refractivity contribution is 0.139. The molecular weight excluding hydrogens is 204 g/mol. The molecule has 2 N–H and O–H groups in total. The van der Waals surface area contributed by atoms with Gasteiger partial charge in [-0.05, 0) is 32.2 Å². The van der Waals surface area contributed by atoms with Crippen LogP contribution in [0.15, 0.2) is 0 Å². The van der Waals surface area contributed by atoms with Crippen LogP contribution in [0.2, 0.25) is 0 Å². The van der Waals surface area contributed by atoms with Gasteiger partial charge in [-0.3, -0.25) is 0 Å². The average molecular weight is 228 g/mol. The van der Waals surface area contributed by atoms with E-state index in [2.05, 4.69) is 10.2 Å². The van der Waals surface area contributed by atoms with Crippen LogP contribution < -0.4 is 5.32 Å². The largest absolute Gasteiger partial charge is 0.395 e. The molecule has 1 aliphatic heterocycles. The van der Waals surface area contributed by atoms with Crippen LogP contribution >= 0.6 is 0 Å². The van der Waals surface area contributed by atoms with Gasteiger partial charge in [-0.1, -0.05) is 0 Å². The van der Waals surface area contributed by atoms with Crippen molar-refractivity contribution in [3.63, 3.8) is 0 Å². The van der Waals surface area contributed by atoms with Crippen LogP contribution in [0.3, 0.4) is 0 Å². The van der Waals surface area contributed by atoms with E-state index in [4.69, 9.17) is 4.74 Å². The Kier molecular flexibility index (Phi) is 5.03. The van der Waals surface area contributed by atoms with Crippen LogP contribution in [0.25, 0.3) is 0 Å². The average Bonchev–Trinajstić information content (AvgIpc) is 3.11. The molecule has 2 rings (SSSR count). The van der Waals surface area contributed by atoms with Crippen molar-refractivity contribution >= 4 is 0 Å². The number of nitrogens with one attached hydrogen (secondary N) is 1. The van der Waals surface area contributed by atoms with Gasteiger partial charge in [-0.2, -0.15) is 0 Å². The van der Waals surface area contributed by atoms with Crippen molar-refractivity contribution in [2.75, 3.05) is 39.5 Å². The standard InChI is InChI=1S/C12H24N2O2/c15-10-12(13-11-2-3-11)4-6-14-5-1-8-16-9-7-14/h11-13,15H,1-10H2. The molecule has 0 spiro atoms. The molecule has 2 aliphatic rings. The van der Waals surface area contributed by atoms with Crippen molar-refractivity contribution in [1.29, 1.82) is 0 Å². The highest BCUT2D eigenvalue weighted by atomic mass is 16.5. The zero-order valence-corrected chi connectivity index (χ0v) is 10.0. The van der Waals surface area contributed by atoms with E-state index in [-0.39, 0.29) is 12.6 Å². The first-order valence-corrected chi connectivity index (χ1v) is 6.55. The summed E-state index contributed by atoms with van der Waals surface area (Å²) >= 11 is 0. The van der Waals surface area contributed by atoms with Crippen LogP contribution in [-0.2, 0) is 4.74 Å². The highest BCUT2D eigenvalue weighted by Crippen LogP contribution is 2.19. The second-order valence-corrected chi connectivity index (χ2v) is 4.92. The molecule has 94 valence electrons. The summed E-state index contributed by atoms with van der Waals surface area (Å²) in [6.45, 7) is 5.29. The van der Waals surface area contributed by atoms with Crippen molar-refractivity contribution in [2.24, 2.45) is 0 Å². The van der Waals surface area contributed by atoms with Gasteiger partial charge >= 0.3 is 0 Å². The summed E-state index contributed by atoms with van der Waals surface area (Å²) in [6.07, 6.45) is 4.76. The molecule has 4 nitrogen and oxygen atoms in total. The molecule has 16 heavy (non-hydrogen) atoms. The number of ether oxygens (including phenoxy) is 1. The third kappa shape index (κ3) is 4.37. The van der Waals surface area contributed by atoms with Gasteiger partial charge < -0.3 is 20.1 Å². The maximum atomic E-state index is 9.28. The highest BCUT2D eigenvalue weighted by Gasteiger charge is 2.24. The molecule has 0 bridgehead atoms. The number of nitrogens with zero attached hydrogens (tertiary/aromatic N) is 1. The van der Waals surface area contributed by atoms with Gasteiger partial charge in [0.25, 0.3) is 0 Å². The number of aliphatic hydroxyl groups excluding tert-OH is 1. The third-order valence-electron chi connectivity index (χ3n) is 3.38. The highest BCUT2D eigenvalue weighted by molar-refractivity contribution is 4.85. The van der Waals surface area contributed by atoms with Crippen LogP contribution in [0.1, 0.15) is 25.7 Å². The quantitative estimate of drug-likeness (QED) is 0.682. The smallest absolute Gasteiger partial charge is 0.0593 e. The van der Waals surface area contributed by atoms with Crippen molar-refractivity contribution in [3.05, 3.63) is 0 Å². The molecule has 0 aromatic carbocycles. The molecule has 1 saturated carbocycles. The second kappa shape index (κ2) is 6.55. The van der Waals surface area contributed by atoms with E-state index in [0.29, 0.717) is 6.04 Å². The molecule has 1 heterocycles. The number of aliphatic hydroxyl groups is 1. The molecule has 0 aromatic heterocycles. The molecular formula is C12H24N2O2. The topological polar surface area (TPSA) is 44.7 Å². The summed E-state index contributed by atoms with van der Waals surface area (Å²) in [4.78, 5) is 2.45. The molecule has 1 saturated heterocycles. The Balaban J connectivity index is 1.62. The van der Waals surface area contributed by atoms with Crippen LogP contribution in [0, 0.1) is 0 Å². The third-order valence-corrected chi connectivity index (χ3v) is 3.38. The number of hydrogen-bond acceptors (Lipinski definition) is 4. The van der Waals surface area contributed by atoms with Crippen molar-refractivity contribution in [1.82, 2.24) is 10.2 Å². The SMILES string of the molecule is OCC(CCN1CCCOCC1)NC1CC1. The first kappa shape index (κ1) is 12.3. The van der Waals surface area contributed by atoms with Crippen LogP contribution in [0.5, 0.6) is 0 Å². The number of hydrogen-bond donors (Lipinski definition) is 2. The van der Waals surface area contributed by atoms with Gasteiger partial charge in [0.1, 0.15) is 0 Å². The summed E-state index contributed by atoms with van der Waals surface area (Å²) in [5.41, 5.74) is 0. The van der Waals surface area contributed by atoms with E-state index in [0.717, 1.165) is 45.7 Å². The lowest BCUT2D eigenvalue weighted by Gasteiger charge is -2.22. The van der Waals surface area contributed by atoms with Gasteiger partial charge in [0, 0.05) is 31.8 Å². The summed E-state index contributed by atoms with van der Waals surface area (Å²) in [7, 11) is 0. The molecule has 1 atom stereocenters. The van der Waals surface area contributed by atoms with Gasteiger partial charge in [0.15, 0.2) is 0 Å². The van der Waals surface area contributed by atoms with Crippen LogP contribution in [0.4, 0.5) is 0 Å². The Bertz CT molecular complexity index is 187. The molecule has 4 heteroatoms. The minimum absolute atomic E-state index is 0.265. The predicted octanol–water partition coefficient (Wildman–Crippen LogP) is 0.212. The zero-order chi connectivity index (χ0) is 11.2. The molecule has 0 amide bonds. The molecule has 1 aliphatic carbocycles. The molecule has 0 aromatic rings. The lowest BCUT2D eigenvalue weighted by atomic mass is 10.2. The van der Waals surface area contributed by atoms with Gasteiger partial charge in [0.2, 0.25) is 0 Å².